The molecule has 0 aliphatic rings. The van der Waals surface area contributed by atoms with Gasteiger partial charge in [0.05, 0.1) is 18.5 Å². The van der Waals surface area contributed by atoms with Crippen LogP contribution in [0, 0.1) is 0 Å². The number of nitrogens with zero attached hydrogens (tertiary/aromatic N) is 3. The van der Waals surface area contributed by atoms with Gasteiger partial charge in [-0.05, 0) is 61.0 Å². The number of hydrogen-bond acceptors (Lipinski definition) is 5. The summed E-state index contributed by atoms with van der Waals surface area (Å²) in [6, 6.07) is 14.0. The molecule has 3 aromatic rings. The molecule has 0 aliphatic carbocycles. The minimum absolute atomic E-state index is 0.110. The first-order valence-electron chi connectivity index (χ1n) is 8.56. The van der Waals surface area contributed by atoms with Crippen molar-refractivity contribution >= 4 is 17.6 Å². The quantitative estimate of drug-likeness (QED) is 0.540. The molecular weight excluding hydrogens is 384 g/mol. The van der Waals surface area contributed by atoms with Gasteiger partial charge in [0.25, 0.3) is 0 Å². The first-order chi connectivity index (χ1) is 13.6. The molecule has 0 saturated carbocycles. The number of rotatable bonds is 7. The number of hydrogen-bond donors (Lipinski definition) is 0. The second-order valence-corrected chi connectivity index (χ2v) is 6.42. The molecule has 0 bridgehead atoms. The van der Waals surface area contributed by atoms with Crippen molar-refractivity contribution < 1.29 is 18.3 Å². The zero-order valence-corrected chi connectivity index (χ0v) is 16.2. The number of thiazole rings is 1. The summed E-state index contributed by atoms with van der Waals surface area (Å²) < 4.78 is 36.2. The van der Waals surface area contributed by atoms with E-state index in [0.29, 0.717) is 11.4 Å². The van der Waals surface area contributed by atoms with E-state index in [1.807, 2.05) is 36.6 Å². The fraction of sp³-hybridized carbons (Fsp3) is 0.200. The Morgan fingerprint density at radius 2 is 1.75 bits per heavy atom. The van der Waals surface area contributed by atoms with Crippen LogP contribution in [0.5, 0.6) is 11.5 Å². The van der Waals surface area contributed by atoms with E-state index >= 15 is 0 Å². The zero-order chi connectivity index (χ0) is 19.9. The van der Waals surface area contributed by atoms with Crippen molar-refractivity contribution in [2.75, 3.05) is 13.7 Å². The van der Waals surface area contributed by atoms with Crippen LogP contribution < -0.4 is 14.3 Å². The predicted molar refractivity (Wildman–Crippen MR) is 106 cm³/mol. The Morgan fingerprint density at radius 3 is 2.36 bits per heavy atom. The predicted octanol–water partition coefficient (Wildman–Crippen LogP) is 4.63. The molecule has 5 nitrogen and oxygen atoms in total. The Bertz CT molecular complexity index is 994. The number of aromatic nitrogens is 1. The van der Waals surface area contributed by atoms with Crippen LogP contribution in [0.2, 0.25) is 0 Å². The molecule has 1 aromatic heterocycles. The monoisotopic (exact) mass is 403 g/mol. The summed E-state index contributed by atoms with van der Waals surface area (Å²) in [5.74, 6) is 0.915. The highest BCUT2D eigenvalue weighted by atomic mass is 32.1. The van der Waals surface area contributed by atoms with Gasteiger partial charge in [0.2, 0.25) is 4.80 Å². The fourth-order valence-electron chi connectivity index (χ4n) is 2.51. The Labute approximate surface area is 165 Å². The highest BCUT2D eigenvalue weighted by Gasteiger charge is 2.09. The summed E-state index contributed by atoms with van der Waals surface area (Å²) in [6.45, 7) is -0.294. The Morgan fingerprint density at radius 1 is 1.07 bits per heavy atom. The lowest BCUT2D eigenvalue weighted by Crippen LogP contribution is -2.11. The number of ether oxygens (including phenoxy) is 2. The van der Waals surface area contributed by atoms with Crippen LogP contribution in [0.1, 0.15) is 12.5 Å². The van der Waals surface area contributed by atoms with Gasteiger partial charge in [0.1, 0.15) is 11.5 Å². The van der Waals surface area contributed by atoms with Gasteiger partial charge in [0, 0.05) is 18.0 Å². The molecule has 0 N–H and O–H groups in total. The topological polar surface area (TPSA) is 48.1 Å². The van der Waals surface area contributed by atoms with Crippen LogP contribution >= 0.6 is 11.3 Å². The van der Waals surface area contributed by atoms with Gasteiger partial charge in [-0.1, -0.05) is 0 Å². The highest BCUT2D eigenvalue weighted by Crippen LogP contribution is 2.24. The van der Waals surface area contributed by atoms with Crippen molar-refractivity contribution in [2.45, 2.75) is 13.5 Å². The standard InChI is InChI=1S/C20H19F2N3O2S/c1-3-26-16-8-4-14(5-9-16)12-24-25-18(13-28-20(25)23-2)15-6-10-17(11-7-15)27-19(21)22/h4-13,19H,3H2,1-2H3/b23-20?,24-12-. The molecule has 146 valence electrons. The van der Waals surface area contributed by atoms with Crippen LogP contribution in [0.3, 0.4) is 0 Å². The molecule has 0 radical (unpaired) electrons. The molecule has 0 aliphatic heterocycles. The number of alkyl halides is 2. The summed E-state index contributed by atoms with van der Waals surface area (Å²) in [5, 5.41) is 6.46. The third-order valence-corrected chi connectivity index (χ3v) is 4.67. The van der Waals surface area contributed by atoms with Gasteiger partial charge >= 0.3 is 6.61 Å². The first kappa shape index (κ1) is 19.8. The lowest BCUT2D eigenvalue weighted by molar-refractivity contribution is -0.0498. The number of halogens is 2. The largest absolute Gasteiger partial charge is 0.494 e. The molecule has 0 fully saturated rings. The average molecular weight is 403 g/mol. The summed E-state index contributed by atoms with van der Waals surface area (Å²) in [5.41, 5.74) is 2.53. The molecule has 0 amide bonds. The van der Waals surface area contributed by atoms with E-state index in [9.17, 15) is 8.78 Å². The van der Waals surface area contributed by atoms with Crippen LogP contribution in [-0.2, 0) is 0 Å². The maximum absolute atomic E-state index is 12.3. The lowest BCUT2D eigenvalue weighted by Gasteiger charge is -2.07. The highest BCUT2D eigenvalue weighted by molar-refractivity contribution is 7.07. The summed E-state index contributed by atoms with van der Waals surface area (Å²) in [6.07, 6.45) is 1.73. The maximum atomic E-state index is 12.3. The summed E-state index contributed by atoms with van der Waals surface area (Å²) in [4.78, 5) is 4.96. The van der Waals surface area contributed by atoms with Crippen LogP contribution in [0.15, 0.2) is 64.0 Å². The molecule has 0 atom stereocenters. The van der Waals surface area contributed by atoms with Gasteiger partial charge in [-0.2, -0.15) is 13.9 Å². The number of benzene rings is 2. The Hall–Kier alpha value is -3.00. The molecule has 1 heterocycles. The van der Waals surface area contributed by atoms with E-state index in [0.717, 1.165) is 22.6 Å². The second-order valence-electron chi connectivity index (χ2n) is 5.59. The fourth-order valence-corrected chi connectivity index (χ4v) is 3.31. The van der Waals surface area contributed by atoms with Crippen molar-refractivity contribution in [3.63, 3.8) is 0 Å². The van der Waals surface area contributed by atoms with E-state index < -0.39 is 6.61 Å². The van der Waals surface area contributed by atoms with Crippen molar-refractivity contribution in [2.24, 2.45) is 10.1 Å². The van der Waals surface area contributed by atoms with E-state index in [1.54, 1.807) is 30.1 Å². The molecule has 0 saturated heterocycles. The van der Waals surface area contributed by atoms with Crippen molar-refractivity contribution in [1.82, 2.24) is 4.68 Å². The summed E-state index contributed by atoms with van der Waals surface area (Å²) >= 11 is 1.44. The second kappa shape index (κ2) is 9.27. The van der Waals surface area contributed by atoms with Gasteiger partial charge < -0.3 is 9.47 Å². The van der Waals surface area contributed by atoms with Crippen LogP contribution in [0.25, 0.3) is 11.3 Å². The molecular formula is C20H19F2N3O2S. The van der Waals surface area contributed by atoms with E-state index in [1.165, 1.54) is 23.5 Å². The molecule has 2 aromatic carbocycles. The van der Waals surface area contributed by atoms with Crippen molar-refractivity contribution in [1.29, 1.82) is 0 Å². The first-order valence-corrected chi connectivity index (χ1v) is 9.44. The minimum atomic E-state index is -2.85. The third-order valence-electron chi connectivity index (χ3n) is 3.77. The Kier molecular flexibility index (Phi) is 6.54. The van der Waals surface area contributed by atoms with Gasteiger partial charge in [-0.15, -0.1) is 11.3 Å². The maximum Gasteiger partial charge on any atom is 0.387 e. The normalized spacial score (nSPS) is 12.1. The molecule has 28 heavy (non-hydrogen) atoms. The van der Waals surface area contributed by atoms with Gasteiger partial charge in [0.15, 0.2) is 0 Å². The molecule has 3 rings (SSSR count). The summed E-state index contributed by atoms with van der Waals surface area (Å²) in [7, 11) is 1.69. The SMILES string of the molecule is CCOc1ccc(/C=N\n2c(-c3ccc(OC(F)F)cc3)csc2=NC)cc1. The lowest BCUT2D eigenvalue weighted by atomic mass is 10.2. The van der Waals surface area contributed by atoms with Crippen molar-refractivity contribution in [3.8, 4) is 22.8 Å². The van der Waals surface area contributed by atoms with E-state index in [2.05, 4.69) is 14.8 Å². The van der Waals surface area contributed by atoms with Gasteiger partial charge in [-0.3, -0.25) is 4.99 Å². The van der Waals surface area contributed by atoms with Crippen LogP contribution in [-0.4, -0.2) is 31.2 Å². The Balaban J connectivity index is 1.88. The van der Waals surface area contributed by atoms with Gasteiger partial charge in [-0.25, -0.2) is 4.68 Å². The third kappa shape index (κ3) is 4.83. The molecule has 0 unspecified atom stereocenters. The molecule has 8 heteroatoms. The zero-order valence-electron chi connectivity index (χ0n) is 15.4. The van der Waals surface area contributed by atoms with Crippen LogP contribution in [0.4, 0.5) is 8.78 Å². The van der Waals surface area contributed by atoms with E-state index in [-0.39, 0.29) is 5.75 Å². The smallest absolute Gasteiger partial charge is 0.387 e. The van der Waals surface area contributed by atoms with E-state index in [4.69, 9.17) is 4.74 Å². The van der Waals surface area contributed by atoms with Crippen molar-refractivity contribution in [3.05, 3.63) is 64.3 Å². The molecule has 0 spiro atoms. The average Bonchev–Trinajstić information content (AvgIpc) is 3.11. The minimum Gasteiger partial charge on any atom is -0.494 e.